The molecule has 1 saturated heterocycles. The maximum absolute atomic E-state index is 12.5. The van der Waals surface area contributed by atoms with Gasteiger partial charge in [-0.1, -0.05) is 0 Å². The van der Waals surface area contributed by atoms with E-state index in [4.69, 9.17) is 5.11 Å². The minimum Gasteiger partial charge on any atom is -0.481 e. The van der Waals surface area contributed by atoms with Gasteiger partial charge in [0, 0.05) is 19.6 Å². The molecule has 1 aromatic heterocycles. The zero-order chi connectivity index (χ0) is 14.0. The van der Waals surface area contributed by atoms with Crippen LogP contribution in [0.15, 0.2) is 17.3 Å². The van der Waals surface area contributed by atoms with Crippen LogP contribution in [0, 0.1) is 5.92 Å². The molecule has 7 nitrogen and oxygen atoms in total. The lowest BCUT2D eigenvalue weighted by atomic mass is 10.0. The van der Waals surface area contributed by atoms with Crippen molar-refractivity contribution in [2.24, 2.45) is 5.92 Å². The van der Waals surface area contributed by atoms with Gasteiger partial charge in [0.15, 0.2) is 5.03 Å². The summed E-state index contributed by atoms with van der Waals surface area (Å²) in [6, 6.07) is 1.45. The van der Waals surface area contributed by atoms with Gasteiger partial charge in [-0.2, -0.15) is 9.40 Å². The molecule has 0 aromatic carbocycles. The average molecular weight is 287 g/mol. The molecule has 0 aliphatic carbocycles. The number of sulfonamides is 1. The summed E-state index contributed by atoms with van der Waals surface area (Å²) in [6.07, 6.45) is 2.53. The summed E-state index contributed by atoms with van der Waals surface area (Å²) in [5.74, 6) is -1.56. The number of hydrogen-bond acceptors (Lipinski definition) is 4. The molecule has 1 unspecified atom stereocenters. The molecule has 0 spiro atoms. The number of aliphatic carboxylic acids is 1. The van der Waals surface area contributed by atoms with E-state index in [1.54, 1.807) is 0 Å². The molecule has 1 aromatic rings. The molecule has 0 bridgehead atoms. The van der Waals surface area contributed by atoms with E-state index in [0.29, 0.717) is 25.9 Å². The van der Waals surface area contributed by atoms with Crippen molar-refractivity contribution in [3.63, 3.8) is 0 Å². The number of hydrogen-bond donors (Lipinski definition) is 1. The van der Waals surface area contributed by atoms with Crippen molar-refractivity contribution >= 4 is 16.0 Å². The van der Waals surface area contributed by atoms with Crippen molar-refractivity contribution in [3.8, 4) is 0 Å². The van der Waals surface area contributed by atoms with Gasteiger partial charge < -0.3 is 5.11 Å². The third-order valence-electron chi connectivity index (χ3n) is 3.31. The van der Waals surface area contributed by atoms with E-state index in [2.05, 4.69) is 5.10 Å². The van der Waals surface area contributed by atoms with Crippen LogP contribution in [-0.2, 0) is 21.4 Å². The van der Waals surface area contributed by atoms with E-state index >= 15 is 0 Å². The van der Waals surface area contributed by atoms with Gasteiger partial charge in [-0.3, -0.25) is 9.48 Å². The van der Waals surface area contributed by atoms with Crippen molar-refractivity contribution < 1.29 is 18.3 Å². The number of carboxylic acids is 1. The quantitative estimate of drug-likeness (QED) is 0.864. The van der Waals surface area contributed by atoms with Crippen LogP contribution < -0.4 is 0 Å². The average Bonchev–Trinajstić information content (AvgIpc) is 2.88. The molecule has 1 atom stereocenters. The van der Waals surface area contributed by atoms with Gasteiger partial charge in [-0.15, -0.1) is 0 Å². The highest BCUT2D eigenvalue weighted by Gasteiger charge is 2.34. The Hall–Kier alpha value is -1.41. The normalized spacial score (nSPS) is 21.4. The predicted octanol–water partition coefficient (Wildman–Crippen LogP) is 0.388. The Bertz CT molecular complexity index is 566. The summed E-state index contributed by atoms with van der Waals surface area (Å²) < 4.78 is 27.6. The number of piperidine rings is 1. The topological polar surface area (TPSA) is 92.5 Å². The summed E-state index contributed by atoms with van der Waals surface area (Å²) >= 11 is 0. The first-order valence-electron chi connectivity index (χ1n) is 6.21. The Kier molecular flexibility index (Phi) is 3.91. The number of rotatable bonds is 4. The van der Waals surface area contributed by atoms with Crippen LogP contribution in [-0.4, -0.2) is 46.7 Å². The predicted molar refractivity (Wildman–Crippen MR) is 67.0 cm³/mol. The van der Waals surface area contributed by atoms with E-state index in [-0.39, 0.29) is 11.6 Å². The van der Waals surface area contributed by atoms with Crippen LogP contribution in [0.25, 0.3) is 0 Å². The minimum absolute atomic E-state index is 0.0343. The lowest BCUT2D eigenvalue weighted by Gasteiger charge is -2.29. The Labute approximate surface area is 111 Å². The maximum Gasteiger partial charge on any atom is 0.307 e. The zero-order valence-electron chi connectivity index (χ0n) is 10.7. The Balaban J connectivity index is 2.27. The van der Waals surface area contributed by atoms with Crippen LogP contribution in [0.5, 0.6) is 0 Å². The second-order valence-electron chi connectivity index (χ2n) is 4.53. The van der Waals surface area contributed by atoms with Crippen LogP contribution in [0.3, 0.4) is 0 Å². The highest BCUT2D eigenvalue weighted by Crippen LogP contribution is 2.23. The van der Waals surface area contributed by atoms with Gasteiger partial charge in [-0.05, 0) is 25.8 Å². The van der Waals surface area contributed by atoms with Gasteiger partial charge in [0.1, 0.15) is 0 Å². The molecule has 1 N–H and O–H groups in total. The Morgan fingerprint density at radius 1 is 1.58 bits per heavy atom. The minimum atomic E-state index is -3.66. The van der Waals surface area contributed by atoms with Crippen LogP contribution in [0.2, 0.25) is 0 Å². The summed E-state index contributed by atoms with van der Waals surface area (Å²) in [6.45, 7) is 2.66. The van der Waals surface area contributed by atoms with Gasteiger partial charge >= 0.3 is 5.97 Å². The first kappa shape index (κ1) is 14.0. The summed E-state index contributed by atoms with van der Waals surface area (Å²) in [4.78, 5) is 11.0. The summed E-state index contributed by atoms with van der Waals surface area (Å²) in [5.41, 5.74) is 0. The molecule has 1 aliphatic heterocycles. The second kappa shape index (κ2) is 5.30. The Morgan fingerprint density at radius 2 is 2.32 bits per heavy atom. The monoisotopic (exact) mass is 287 g/mol. The molecule has 0 amide bonds. The number of aromatic nitrogens is 2. The molecule has 19 heavy (non-hydrogen) atoms. The van der Waals surface area contributed by atoms with E-state index in [0.717, 1.165) is 0 Å². The third kappa shape index (κ3) is 2.64. The smallest absolute Gasteiger partial charge is 0.307 e. The molecular weight excluding hydrogens is 270 g/mol. The lowest BCUT2D eigenvalue weighted by Crippen LogP contribution is -2.42. The molecule has 2 heterocycles. The van der Waals surface area contributed by atoms with E-state index in [1.807, 2.05) is 6.92 Å². The van der Waals surface area contributed by atoms with Crippen molar-refractivity contribution in [1.82, 2.24) is 14.1 Å². The maximum atomic E-state index is 12.5. The number of carboxylic acid groups (broad SMARTS) is 1. The summed E-state index contributed by atoms with van der Waals surface area (Å²) in [5, 5.41) is 13.1. The van der Waals surface area contributed by atoms with Gasteiger partial charge in [0.05, 0.1) is 12.1 Å². The van der Waals surface area contributed by atoms with Crippen molar-refractivity contribution in [2.75, 3.05) is 13.1 Å². The van der Waals surface area contributed by atoms with Crippen molar-refractivity contribution in [1.29, 1.82) is 0 Å². The van der Waals surface area contributed by atoms with E-state index in [9.17, 15) is 13.2 Å². The van der Waals surface area contributed by atoms with Crippen LogP contribution in [0.4, 0.5) is 0 Å². The van der Waals surface area contributed by atoms with E-state index in [1.165, 1.54) is 21.3 Å². The zero-order valence-corrected chi connectivity index (χ0v) is 11.5. The van der Waals surface area contributed by atoms with Crippen LogP contribution in [0.1, 0.15) is 19.8 Å². The van der Waals surface area contributed by atoms with Gasteiger partial charge in [0.25, 0.3) is 10.0 Å². The lowest BCUT2D eigenvalue weighted by molar-refractivity contribution is -0.142. The summed E-state index contributed by atoms with van der Waals surface area (Å²) in [7, 11) is -3.66. The fraction of sp³-hybridized carbons (Fsp3) is 0.636. The molecule has 8 heteroatoms. The molecule has 2 rings (SSSR count). The largest absolute Gasteiger partial charge is 0.481 e. The Morgan fingerprint density at radius 3 is 2.95 bits per heavy atom. The molecule has 106 valence electrons. The third-order valence-corrected chi connectivity index (χ3v) is 5.20. The van der Waals surface area contributed by atoms with E-state index < -0.39 is 21.9 Å². The van der Waals surface area contributed by atoms with Gasteiger partial charge in [-0.25, -0.2) is 8.42 Å². The second-order valence-corrected chi connectivity index (χ2v) is 6.41. The standard InChI is InChI=1S/C11H17N3O4S/c1-2-14-10(5-6-12-14)19(17,18)13-7-3-4-9(8-13)11(15)16/h5-6,9H,2-4,7-8H2,1H3,(H,15,16). The van der Waals surface area contributed by atoms with Crippen molar-refractivity contribution in [3.05, 3.63) is 12.3 Å². The fourth-order valence-corrected chi connectivity index (χ4v) is 3.96. The molecule has 1 fully saturated rings. The highest BCUT2D eigenvalue weighted by atomic mass is 32.2. The molecule has 0 saturated carbocycles. The number of carbonyl (C=O) groups is 1. The molecule has 1 aliphatic rings. The van der Waals surface area contributed by atoms with Gasteiger partial charge in [0.2, 0.25) is 0 Å². The number of aryl methyl sites for hydroxylation is 1. The van der Waals surface area contributed by atoms with Crippen LogP contribution >= 0.6 is 0 Å². The molecule has 0 radical (unpaired) electrons. The highest BCUT2D eigenvalue weighted by molar-refractivity contribution is 7.89. The fourth-order valence-electron chi connectivity index (χ4n) is 2.27. The molecular formula is C11H17N3O4S. The SMILES string of the molecule is CCn1nccc1S(=O)(=O)N1CCCC(C(=O)O)C1. The first-order chi connectivity index (χ1) is 8.96. The number of nitrogens with zero attached hydrogens (tertiary/aromatic N) is 3. The van der Waals surface area contributed by atoms with Crippen molar-refractivity contribution in [2.45, 2.75) is 31.3 Å². The first-order valence-corrected chi connectivity index (χ1v) is 7.65.